The van der Waals surface area contributed by atoms with E-state index in [0.717, 1.165) is 23.9 Å². The van der Waals surface area contributed by atoms with Gasteiger partial charge in [0.1, 0.15) is 10.3 Å². The smallest absolute Gasteiger partial charge is 0.414 e. The molecule has 2 aromatic carbocycles. The highest BCUT2D eigenvalue weighted by Gasteiger charge is 2.58. The standard InChI is InChI=1S/C34H38F4N6O4S/c1-32(2,3)49(48)41-33(17-16-23-14-15-23,25-10-8-18-39-22-25)28-20-29(34(35,36)37)44(31(47)42(38)26-11-5-4-6-12-26)43(28)27-13-7-9-24(19-27)21-40-30(45)46/h4-13,18-20,22-23,29,40-41H,14-17,21H2,1-3H3,(H,45,46). The second-order valence-corrected chi connectivity index (χ2v) is 15.0. The maximum Gasteiger partial charge on any atom is 0.414 e. The molecule has 1 aliphatic heterocycles. The van der Waals surface area contributed by atoms with E-state index in [-0.39, 0.29) is 41.1 Å². The van der Waals surface area contributed by atoms with Crippen molar-refractivity contribution in [1.29, 1.82) is 0 Å². The van der Waals surface area contributed by atoms with Gasteiger partial charge in [0, 0.05) is 35.9 Å². The van der Waals surface area contributed by atoms with Gasteiger partial charge in [-0.05, 0) is 81.5 Å². The molecule has 3 N–H and O–H groups in total. The molecule has 0 radical (unpaired) electrons. The molecule has 1 aromatic heterocycles. The monoisotopic (exact) mass is 702 g/mol. The average Bonchev–Trinajstić information content (AvgIpc) is 3.81. The van der Waals surface area contributed by atoms with Gasteiger partial charge in [0.25, 0.3) is 0 Å². The summed E-state index contributed by atoms with van der Waals surface area (Å²) in [5.74, 6) is 0.289. The number of alkyl halides is 3. The molecule has 1 saturated carbocycles. The van der Waals surface area contributed by atoms with Gasteiger partial charge in [0.15, 0.2) is 6.04 Å². The zero-order chi connectivity index (χ0) is 35.6. The Morgan fingerprint density at radius 1 is 1.06 bits per heavy atom. The number of anilines is 2. The molecule has 3 aromatic rings. The van der Waals surface area contributed by atoms with Crippen LogP contribution in [0.2, 0.25) is 0 Å². The van der Waals surface area contributed by atoms with Gasteiger partial charge in [0.05, 0.1) is 17.1 Å². The van der Waals surface area contributed by atoms with Crippen LogP contribution in [0.5, 0.6) is 0 Å². The molecular formula is C34H38F4N6O4S. The number of pyridine rings is 1. The fraction of sp³-hybridized carbons (Fsp3) is 0.382. The zero-order valence-electron chi connectivity index (χ0n) is 27.2. The van der Waals surface area contributed by atoms with Gasteiger partial charge in [-0.2, -0.15) is 13.2 Å². The molecular weight excluding hydrogens is 664 g/mol. The summed E-state index contributed by atoms with van der Waals surface area (Å²) in [6.07, 6.45) is 0.00471. The molecule has 3 atom stereocenters. The zero-order valence-corrected chi connectivity index (χ0v) is 28.0. The Balaban J connectivity index is 1.77. The third kappa shape index (κ3) is 8.11. The predicted octanol–water partition coefficient (Wildman–Crippen LogP) is 7.35. The Bertz CT molecular complexity index is 1660. The highest BCUT2D eigenvalue weighted by atomic mass is 32.2. The van der Waals surface area contributed by atoms with Crippen molar-refractivity contribution in [3.8, 4) is 0 Å². The quantitative estimate of drug-likeness (QED) is 0.108. The lowest BCUT2D eigenvalue weighted by Crippen LogP contribution is -2.59. The number of nitrogens with one attached hydrogen (secondary N) is 2. The number of hydrogen-bond acceptors (Lipinski definition) is 6. The molecule has 3 amide bonds. The fourth-order valence-corrected chi connectivity index (χ4v) is 6.57. The van der Waals surface area contributed by atoms with E-state index < -0.39 is 46.0 Å². The number of urea groups is 1. The van der Waals surface area contributed by atoms with Crippen molar-refractivity contribution in [2.75, 3.05) is 10.1 Å². The minimum absolute atomic E-state index is 0.0144. The third-order valence-corrected chi connectivity index (χ3v) is 9.99. The molecule has 0 saturated heterocycles. The van der Waals surface area contributed by atoms with E-state index in [1.54, 1.807) is 45.0 Å². The lowest BCUT2D eigenvalue weighted by molar-refractivity contribution is -0.160. The summed E-state index contributed by atoms with van der Waals surface area (Å²) in [5, 5.41) is 12.4. The molecule has 5 rings (SSSR count). The van der Waals surface area contributed by atoms with Crippen molar-refractivity contribution in [2.24, 2.45) is 5.92 Å². The number of carbonyl (C=O) groups is 2. The van der Waals surface area contributed by atoms with Crippen LogP contribution in [0.1, 0.15) is 57.6 Å². The van der Waals surface area contributed by atoms with E-state index >= 15 is 17.7 Å². The first-order valence-corrected chi connectivity index (χ1v) is 16.9. The van der Waals surface area contributed by atoms with Crippen LogP contribution >= 0.6 is 0 Å². The highest BCUT2D eigenvalue weighted by molar-refractivity contribution is 7.90. The Kier molecular flexibility index (Phi) is 10.5. The second-order valence-electron chi connectivity index (χ2n) is 13.0. The Labute approximate surface area is 285 Å². The van der Waals surface area contributed by atoms with Crippen LogP contribution in [-0.2, 0) is 23.4 Å². The van der Waals surface area contributed by atoms with Crippen molar-refractivity contribution in [3.05, 3.63) is 102 Å². The van der Waals surface area contributed by atoms with Gasteiger partial charge in [-0.15, -0.1) is 9.84 Å². The molecule has 3 unspecified atom stereocenters. The van der Waals surface area contributed by atoms with Crippen LogP contribution in [0.15, 0.2) is 90.9 Å². The maximum absolute atomic E-state index is 16.0. The molecule has 262 valence electrons. The summed E-state index contributed by atoms with van der Waals surface area (Å²) in [5.41, 5.74) is -1.27. The minimum Gasteiger partial charge on any atom is -0.598 e. The summed E-state index contributed by atoms with van der Waals surface area (Å²) < 4.78 is 77.8. The Hall–Kier alpha value is -4.34. The number of rotatable bonds is 11. The fourth-order valence-electron chi connectivity index (χ4n) is 5.63. The molecule has 15 heteroatoms. The molecule has 2 aliphatic rings. The molecule has 2 heterocycles. The molecule has 0 bridgehead atoms. The van der Waals surface area contributed by atoms with Crippen LogP contribution in [0.3, 0.4) is 0 Å². The van der Waals surface area contributed by atoms with Crippen molar-refractivity contribution >= 4 is 34.9 Å². The number of amides is 3. The minimum atomic E-state index is -5.09. The highest BCUT2D eigenvalue weighted by Crippen LogP contribution is 2.49. The number of halogens is 4. The van der Waals surface area contributed by atoms with Crippen molar-refractivity contribution in [2.45, 2.75) is 75.5 Å². The van der Waals surface area contributed by atoms with Gasteiger partial charge in [-0.1, -0.05) is 53.7 Å². The first-order chi connectivity index (χ1) is 23.1. The van der Waals surface area contributed by atoms with E-state index in [0.29, 0.717) is 22.6 Å². The third-order valence-electron chi connectivity index (χ3n) is 8.34. The van der Waals surface area contributed by atoms with E-state index in [2.05, 4.69) is 15.0 Å². The molecule has 49 heavy (non-hydrogen) atoms. The van der Waals surface area contributed by atoms with Crippen molar-refractivity contribution < 1.29 is 36.9 Å². The number of para-hydroxylation sites is 1. The van der Waals surface area contributed by atoms with Crippen molar-refractivity contribution in [3.63, 3.8) is 0 Å². The largest absolute Gasteiger partial charge is 0.598 e. The Morgan fingerprint density at radius 2 is 1.78 bits per heavy atom. The van der Waals surface area contributed by atoms with Crippen LogP contribution < -0.4 is 20.2 Å². The molecule has 0 spiro atoms. The SMILES string of the molecule is CC(C)(C)[S+]([O-])NC(CCC1CC1)(C1=CC(C(F)(F)F)N(C(=O)N(F)c2ccccc2)N1c1cccc(CNC(=O)O)c1)c1cccnc1. The van der Waals surface area contributed by atoms with Gasteiger partial charge >= 0.3 is 18.3 Å². The summed E-state index contributed by atoms with van der Waals surface area (Å²) in [6.45, 7) is 4.97. The summed E-state index contributed by atoms with van der Waals surface area (Å²) >= 11 is -1.86. The first-order valence-electron chi connectivity index (χ1n) is 15.7. The van der Waals surface area contributed by atoms with Gasteiger partial charge in [-0.3, -0.25) is 9.99 Å². The van der Waals surface area contributed by atoms with Crippen LogP contribution in [0, 0.1) is 5.92 Å². The molecule has 1 aliphatic carbocycles. The van der Waals surface area contributed by atoms with E-state index in [1.165, 1.54) is 54.9 Å². The molecule has 10 nitrogen and oxygen atoms in total. The normalized spacial score (nSPS) is 18.4. The summed E-state index contributed by atoms with van der Waals surface area (Å²) in [6, 6.07) is 11.9. The predicted molar refractivity (Wildman–Crippen MR) is 178 cm³/mol. The average molecular weight is 703 g/mol. The molecule has 1 fully saturated rings. The van der Waals surface area contributed by atoms with E-state index in [9.17, 15) is 19.2 Å². The first kappa shape index (κ1) is 36.0. The van der Waals surface area contributed by atoms with E-state index in [1.807, 2.05) is 0 Å². The summed E-state index contributed by atoms with van der Waals surface area (Å²) in [4.78, 5) is 29.6. The maximum atomic E-state index is 16.0. The van der Waals surface area contributed by atoms with Gasteiger partial charge < -0.3 is 15.0 Å². The number of aromatic nitrogens is 1. The lowest BCUT2D eigenvalue weighted by atomic mass is 9.82. The van der Waals surface area contributed by atoms with Gasteiger partial charge in [-0.25, -0.2) is 14.6 Å². The number of nitrogens with zero attached hydrogens (tertiary/aromatic N) is 4. The second kappa shape index (κ2) is 14.3. The lowest BCUT2D eigenvalue weighted by Gasteiger charge is -2.44. The number of carbonyl (C=O) groups excluding carboxylic acids is 1. The van der Waals surface area contributed by atoms with Crippen molar-refractivity contribution in [1.82, 2.24) is 20.0 Å². The van der Waals surface area contributed by atoms with E-state index in [4.69, 9.17) is 0 Å². The number of carboxylic acid groups (broad SMARTS) is 1. The van der Waals surface area contributed by atoms with Crippen LogP contribution in [0.25, 0.3) is 0 Å². The topological polar surface area (TPSA) is 124 Å². The number of hydrazine groups is 1. The number of benzene rings is 2. The van der Waals surface area contributed by atoms with Gasteiger partial charge in [0.2, 0.25) is 0 Å². The summed E-state index contributed by atoms with van der Waals surface area (Å²) in [7, 11) is 0. The van der Waals surface area contributed by atoms with Crippen LogP contribution in [-0.4, -0.2) is 48.7 Å². The van der Waals surface area contributed by atoms with Crippen LogP contribution in [0.4, 0.5) is 38.6 Å². The Morgan fingerprint density at radius 3 is 2.37 bits per heavy atom. The number of hydrogen-bond donors (Lipinski definition) is 3.